The Morgan fingerprint density at radius 3 is 2.48 bits per heavy atom. The molecule has 0 radical (unpaired) electrons. The minimum Gasteiger partial charge on any atom is -0.335 e. The minimum absolute atomic E-state index is 0. The molecule has 25 heavy (non-hydrogen) atoms. The van der Waals surface area contributed by atoms with E-state index in [-0.39, 0.29) is 41.9 Å². The second-order valence-corrected chi connectivity index (χ2v) is 9.90. The Morgan fingerprint density at radius 1 is 1.16 bits per heavy atom. The Balaban J connectivity index is 0.00000225. The molecule has 1 unspecified atom stereocenters. The molecule has 2 aliphatic heterocycles. The minimum atomic E-state index is -2.97. The van der Waals surface area contributed by atoms with Crippen LogP contribution in [0.2, 0.25) is 0 Å². The second-order valence-electron chi connectivity index (χ2n) is 7.67. The van der Waals surface area contributed by atoms with Crippen molar-refractivity contribution in [2.75, 3.05) is 37.7 Å². The average Bonchev–Trinajstić information content (AvgIpc) is 2.90. The van der Waals surface area contributed by atoms with Gasteiger partial charge in [0.1, 0.15) is 0 Å². The zero-order valence-electron chi connectivity index (χ0n) is 15.2. The zero-order chi connectivity index (χ0) is 17.2. The molecule has 0 aromatic carbocycles. The lowest BCUT2D eigenvalue weighted by Crippen LogP contribution is -2.56. The molecule has 2 saturated heterocycles. The first-order valence-electron chi connectivity index (χ1n) is 9.42. The van der Waals surface area contributed by atoms with E-state index in [9.17, 15) is 13.2 Å². The third-order valence-corrected chi connectivity index (χ3v) is 7.59. The van der Waals surface area contributed by atoms with E-state index in [1.165, 1.54) is 6.42 Å². The first kappa shape index (κ1) is 20.9. The summed E-state index contributed by atoms with van der Waals surface area (Å²) in [6.45, 7) is 5.28. The van der Waals surface area contributed by atoms with Crippen LogP contribution >= 0.6 is 12.4 Å². The van der Waals surface area contributed by atoms with Gasteiger partial charge in [0, 0.05) is 37.8 Å². The van der Waals surface area contributed by atoms with Crippen LogP contribution < -0.4 is 5.32 Å². The molecule has 0 bridgehead atoms. The average molecular weight is 394 g/mol. The number of amides is 1. The Kier molecular flexibility index (Phi) is 7.55. The van der Waals surface area contributed by atoms with Gasteiger partial charge in [0.15, 0.2) is 9.84 Å². The molecule has 2 atom stereocenters. The highest BCUT2D eigenvalue weighted by Gasteiger charge is 2.39. The van der Waals surface area contributed by atoms with Gasteiger partial charge in [-0.2, -0.15) is 0 Å². The molecule has 0 spiro atoms. The third kappa shape index (κ3) is 5.31. The molecule has 1 amide bonds. The molecule has 1 saturated carbocycles. The van der Waals surface area contributed by atoms with Gasteiger partial charge in [-0.05, 0) is 26.2 Å². The third-order valence-electron chi connectivity index (χ3n) is 5.84. The second kappa shape index (κ2) is 9.02. The molecule has 3 aliphatic rings. The number of nitrogens with one attached hydrogen (secondary N) is 1. The maximum Gasteiger partial charge on any atom is 0.237 e. The lowest BCUT2D eigenvalue weighted by Gasteiger charge is -2.41. The van der Waals surface area contributed by atoms with Gasteiger partial charge >= 0.3 is 0 Å². The van der Waals surface area contributed by atoms with Crippen molar-refractivity contribution in [2.45, 2.75) is 63.6 Å². The van der Waals surface area contributed by atoms with Gasteiger partial charge in [-0.25, -0.2) is 8.42 Å². The van der Waals surface area contributed by atoms with E-state index in [0.29, 0.717) is 19.0 Å². The molecule has 146 valence electrons. The summed E-state index contributed by atoms with van der Waals surface area (Å²) in [6.07, 6.45) is 6.20. The van der Waals surface area contributed by atoms with Crippen molar-refractivity contribution in [3.8, 4) is 0 Å². The zero-order valence-corrected chi connectivity index (χ0v) is 16.8. The maximum absolute atomic E-state index is 13.1. The highest BCUT2D eigenvalue weighted by atomic mass is 35.5. The largest absolute Gasteiger partial charge is 0.335 e. The molecule has 3 fully saturated rings. The van der Waals surface area contributed by atoms with Crippen molar-refractivity contribution in [3.05, 3.63) is 0 Å². The summed E-state index contributed by atoms with van der Waals surface area (Å²) >= 11 is 0. The molecular formula is C17H32ClN3O3S. The SMILES string of the molecule is C[C@H]1CNCCN1CC(=O)N(C1CCCCC1)C1CCS(=O)(=O)C1.Cl. The van der Waals surface area contributed by atoms with E-state index in [1.807, 2.05) is 4.90 Å². The lowest BCUT2D eigenvalue weighted by atomic mass is 9.92. The van der Waals surface area contributed by atoms with Crippen molar-refractivity contribution < 1.29 is 13.2 Å². The van der Waals surface area contributed by atoms with Crippen LogP contribution in [-0.4, -0.2) is 79.9 Å². The normalized spacial score (nSPS) is 30.6. The van der Waals surface area contributed by atoms with Gasteiger partial charge in [-0.1, -0.05) is 19.3 Å². The van der Waals surface area contributed by atoms with E-state index in [0.717, 1.165) is 45.3 Å². The fraction of sp³-hybridized carbons (Fsp3) is 0.941. The van der Waals surface area contributed by atoms with Crippen molar-refractivity contribution >= 4 is 28.2 Å². The Bertz CT molecular complexity index is 551. The van der Waals surface area contributed by atoms with E-state index < -0.39 is 9.84 Å². The van der Waals surface area contributed by atoms with E-state index in [2.05, 4.69) is 17.1 Å². The van der Waals surface area contributed by atoms with Gasteiger partial charge in [0.05, 0.1) is 18.1 Å². The first-order chi connectivity index (χ1) is 11.5. The van der Waals surface area contributed by atoms with E-state index in [4.69, 9.17) is 0 Å². The predicted octanol–water partition coefficient (Wildman–Crippen LogP) is 1.05. The standard InChI is InChI=1S/C17H31N3O3S.ClH/c1-14-11-18-8-9-19(14)12-17(21)20(15-5-3-2-4-6-15)16-7-10-24(22,23)13-16;/h14-16,18H,2-13H2,1H3;1H/t14-,16?;/m0./s1. The fourth-order valence-corrected chi connectivity index (χ4v) is 6.14. The van der Waals surface area contributed by atoms with Crippen LogP contribution in [0.15, 0.2) is 0 Å². The molecule has 0 aromatic rings. The number of piperazine rings is 1. The van der Waals surface area contributed by atoms with Crippen LogP contribution in [0.5, 0.6) is 0 Å². The number of nitrogens with zero attached hydrogens (tertiary/aromatic N) is 2. The number of halogens is 1. The number of hydrogen-bond acceptors (Lipinski definition) is 5. The molecule has 8 heteroatoms. The summed E-state index contributed by atoms with van der Waals surface area (Å²) in [4.78, 5) is 17.3. The maximum atomic E-state index is 13.1. The Hall–Kier alpha value is -0.370. The van der Waals surface area contributed by atoms with Crippen LogP contribution in [0, 0.1) is 0 Å². The summed E-state index contributed by atoms with van der Waals surface area (Å²) in [7, 11) is -2.97. The number of sulfone groups is 1. The molecule has 0 aromatic heterocycles. The molecular weight excluding hydrogens is 362 g/mol. The summed E-state index contributed by atoms with van der Waals surface area (Å²) in [6, 6.07) is 0.481. The quantitative estimate of drug-likeness (QED) is 0.773. The summed E-state index contributed by atoms with van der Waals surface area (Å²) in [5.41, 5.74) is 0. The van der Waals surface area contributed by atoms with Crippen LogP contribution in [0.4, 0.5) is 0 Å². The Labute approximate surface area is 158 Å². The summed E-state index contributed by atoms with van der Waals surface area (Å²) < 4.78 is 23.9. The van der Waals surface area contributed by atoms with Crippen LogP contribution in [0.1, 0.15) is 45.4 Å². The monoisotopic (exact) mass is 393 g/mol. The highest BCUT2D eigenvalue weighted by molar-refractivity contribution is 7.91. The molecule has 3 rings (SSSR count). The van der Waals surface area contributed by atoms with Crippen molar-refractivity contribution in [1.82, 2.24) is 15.1 Å². The van der Waals surface area contributed by atoms with Gasteiger partial charge < -0.3 is 10.2 Å². The first-order valence-corrected chi connectivity index (χ1v) is 11.2. The van der Waals surface area contributed by atoms with Crippen molar-refractivity contribution in [3.63, 3.8) is 0 Å². The number of hydrogen-bond donors (Lipinski definition) is 1. The van der Waals surface area contributed by atoms with E-state index >= 15 is 0 Å². The fourth-order valence-electron chi connectivity index (χ4n) is 4.43. The Morgan fingerprint density at radius 2 is 1.88 bits per heavy atom. The van der Waals surface area contributed by atoms with Crippen molar-refractivity contribution in [1.29, 1.82) is 0 Å². The van der Waals surface area contributed by atoms with Crippen LogP contribution in [0.3, 0.4) is 0 Å². The number of carbonyl (C=O) groups is 1. The van der Waals surface area contributed by atoms with Gasteiger partial charge in [0.2, 0.25) is 5.91 Å². The van der Waals surface area contributed by atoms with Gasteiger partial charge in [-0.3, -0.25) is 9.69 Å². The van der Waals surface area contributed by atoms with Gasteiger partial charge in [-0.15, -0.1) is 12.4 Å². The lowest BCUT2D eigenvalue weighted by molar-refractivity contribution is -0.138. The van der Waals surface area contributed by atoms with Crippen LogP contribution in [0.25, 0.3) is 0 Å². The molecule has 1 aliphatic carbocycles. The smallest absolute Gasteiger partial charge is 0.237 e. The highest BCUT2D eigenvalue weighted by Crippen LogP contribution is 2.28. The molecule has 6 nitrogen and oxygen atoms in total. The number of rotatable bonds is 4. The topological polar surface area (TPSA) is 69.7 Å². The molecule has 1 N–H and O–H groups in total. The van der Waals surface area contributed by atoms with Crippen LogP contribution in [-0.2, 0) is 14.6 Å². The van der Waals surface area contributed by atoms with Crippen molar-refractivity contribution in [2.24, 2.45) is 0 Å². The van der Waals surface area contributed by atoms with Gasteiger partial charge in [0.25, 0.3) is 0 Å². The number of carbonyl (C=O) groups excluding carboxylic acids is 1. The summed E-state index contributed by atoms with van der Waals surface area (Å²) in [5.74, 6) is 0.530. The molecule has 2 heterocycles. The predicted molar refractivity (Wildman–Crippen MR) is 102 cm³/mol. The summed E-state index contributed by atoms with van der Waals surface area (Å²) in [5, 5.41) is 3.35. The van der Waals surface area contributed by atoms with E-state index in [1.54, 1.807) is 0 Å².